The third-order valence-corrected chi connectivity index (χ3v) is 3.75. The van der Waals surface area contributed by atoms with Gasteiger partial charge >= 0.3 is 0 Å². The van der Waals surface area contributed by atoms with Gasteiger partial charge in [-0.2, -0.15) is 0 Å². The predicted octanol–water partition coefficient (Wildman–Crippen LogP) is 1.89. The van der Waals surface area contributed by atoms with E-state index in [4.69, 9.17) is 0 Å². The van der Waals surface area contributed by atoms with E-state index in [1.807, 2.05) is 0 Å². The van der Waals surface area contributed by atoms with Crippen LogP contribution in [-0.2, 0) is 6.54 Å². The second-order valence-corrected chi connectivity index (χ2v) is 5.08. The number of fused-ring (bicyclic) bond motifs is 1. The third kappa shape index (κ3) is 2.11. The van der Waals surface area contributed by atoms with Crippen LogP contribution in [0.25, 0.3) is 4.96 Å². The van der Waals surface area contributed by atoms with Crippen molar-refractivity contribution in [2.75, 3.05) is 13.1 Å². The van der Waals surface area contributed by atoms with E-state index in [0.717, 1.165) is 17.2 Å². The average molecular weight is 236 g/mol. The standard InChI is InChI=1S/C11H16N4S/c1-2-4-15(5-3-1)12-8-10-9-14-6-7-16-11(14)13-10/h6-7,9,12H,1-5,8H2. The second-order valence-electron chi connectivity index (χ2n) is 4.21. The molecule has 0 radical (unpaired) electrons. The minimum atomic E-state index is 0.842. The Labute approximate surface area is 98.9 Å². The molecule has 1 aliphatic heterocycles. The number of imidazole rings is 1. The van der Waals surface area contributed by atoms with Crippen molar-refractivity contribution in [3.8, 4) is 0 Å². The van der Waals surface area contributed by atoms with Gasteiger partial charge < -0.3 is 0 Å². The Morgan fingerprint density at radius 3 is 3.00 bits per heavy atom. The highest BCUT2D eigenvalue weighted by molar-refractivity contribution is 7.15. The Balaban J connectivity index is 1.59. The number of hydrazine groups is 1. The molecule has 0 aromatic carbocycles. The van der Waals surface area contributed by atoms with Gasteiger partial charge in [0.25, 0.3) is 0 Å². The van der Waals surface area contributed by atoms with Gasteiger partial charge in [-0.25, -0.2) is 15.4 Å². The van der Waals surface area contributed by atoms with Crippen molar-refractivity contribution in [2.45, 2.75) is 25.8 Å². The molecule has 0 spiro atoms. The first-order valence-corrected chi connectivity index (χ1v) is 6.69. The molecule has 3 heterocycles. The zero-order valence-electron chi connectivity index (χ0n) is 9.22. The van der Waals surface area contributed by atoms with Crippen molar-refractivity contribution in [2.24, 2.45) is 0 Å². The summed E-state index contributed by atoms with van der Waals surface area (Å²) in [6, 6.07) is 0. The first-order chi connectivity index (χ1) is 7.92. The van der Waals surface area contributed by atoms with E-state index in [1.165, 1.54) is 32.4 Å². The average Bonchev–Trinajstić information content (AvgIpc) is 2.88. The monoisotopic (exact) mass is 236 g/mol. The zero-order valence-corrected chi connectivity index (χ0v) is 10.0. The van der Waals surface area contributed by atoms with Gasteiger partial charge in [0.05, 0.1) is 12.2 Å². The molecule has 0 amide bonds. The number of nitrogens with zero attached hydrogens (tertiary/aromatic N) is 3. The summed E-state index contributed by atoms with van der Waals surface area (Å²) >= 11 is 1.68. The van der Waals surface area contributed by atoms with Crippen LogP contribution < -0.4 is 5.43 Å². The van der Waals surface area contributed by atoms with Crippen LogP contribution in [0.2, 0.25) is 0 Å². The van der Waals surface area contributed by atoms with Gasteiger partial charge in [-0.05, 0) is 12.8 Å². The first-order valence-electron chi connectivity index (χ1n) is 5.81. The van der Waals surface area contributed by atoms with Crippen LogP contribution in [0.15, 0.2) is 17.8 Å². The van der Waals surface area contributed by atoms with Crippen LogP contribution in [0.5, 0.6) is 0 Å². The highest BCUT2D eigenvalue weighted by Crippen LogP contribution is 2.12. The quantitative estimate of drug-likeness (QED) is 0.883. The molecule has 0 saturated carbocycles. The molecule has 1 fully saturated rings. The molecule has 5 heteroatoms. The molecule has 86 valence electrons. The number of thiazole rings is 1. The fourth-order valence-corrected chi connectivity index (χ4v) is 2.83. The number of piperidine rings is 1. The normalized spacial score (nSPS) is 18.2. The Bertz CT molecular complexity index is 427. The Morgan fingerprint density at radius 2 is 2.19 bits per heavy atom. The molecule has 2 aromatic rings. The molecule has 2 aromatic heterocycles. The van der Waals surface area contributed by atoms with E-state index in [-0.39, 0.29) is 0 Å². The summed E-state index contributed by atoms with van der Waals surface area (Å²) < 4.78 is 2.08. The summed E-state index contributed by atoms with van der Waals surface area (Å²) in [5, 5.41) is 4.38. The van der Waals surface area contributed by atoms with E-state index < -0.39 is 0 Å². The number of aromatic nitrogens is 2. The SMILES string of the molecule is c1cn2cc(CNN3CCCCC3)nc2s1. The van der Waals surface area contributed by atoms with Crippen molar-refractivity contribution in [3.05, 3.63) is 23.5 Å². The maximum Gasteiger partial charge on any atom is 0.193 e. The van der Waals surface area contributed by atoms with Gasteiger partial charge in [0, 0.05) is 30.9 Å². The molecule has 1 saturated heterocycles. The fourth-order valence-electron chi connectivity index (χ4n) is 2.11. The lowest BCUT2D eigenvalue weighted by atomic mass is 10.2. The maximum absolute atomic E-state index is 4.55. The van der Waals surface area contributed by atoms with Gasteiger partial charge in [0.1, 0.15) is 0 Å². The van der Waals surface area contributed by atoms with Gasteiger partial charge in [-0.1, -0.05) is 6.42 Å². The van der Waals surface area contributed by atoms with Gasteiger partial charge in [0.15, 0.2) is 4.96 Å². The molecule has 0 bridgehead atoms. The fraction of sp³-hybridized carbons (Fsp3) is 0.545. The van der Waals surface area contributed by atoms with Crippen molar-refractivity contribution in [3.63, 3.8) is 0 Å². The molecule has 4 nitrogen and oxygen atoms in total. The highest BCUT2D eigenvalue weighted by atomic mass is 32.1. The van der Waals surface area contributed by atoms with E-state index >= 15 is 0 Å². The van der Waals surface area contributed by atoms with Gasteiger partial charge in [-0.15, -0.1) is 11.3 Å². The van der Waals surface area contributed by atoms with Crippen molar-refractivity contribution in [1.29, 1.82) is 0 Å². The molecule has 1 aliphatic rings. The molecule has 16 heavy (non-hydrogen) atoms. The molecular formula is C11H16N4S. The predicted molar refractivity (Wildman–Crippen MR) is 65.3 cm³/mol. The number of hydrogen-bond donors (Lipinski definition) is 1. The minimum absolute atomic E-state index is 0.842. The van der Waals surface area contributed by atoms with E-state index in [9.17, 15) is 0 Å². The van der Waals surface area contributed by atoms with Crippen LogP contribution in [0.1, 0.15) is 25.0 Å². The highest BCUT2D eigenvalue weighted by Gasteiger charge is 2.10. The molecule has 1 N–H and O–H groups in total. The molecule has 3 rings (SSSR count). The Hall–Kier alpha value is -0.910. The number of hydrogen-bond acceptors (Lipinski definition) is 4. The van der Waals surface area contributed by atoms with Crippen molar-refractivity contribution in [1.82, 2.24) is 19.8 Å². The van der Waals surface area contributed by atoms with Crippen LogP contribution in [0.3, 0.4) is 0 Å². The number of rotatable bonds is 3. The maximum atomic E-state index is 4.55. The Morgan fingerprint density at radius 1 is 1.31 bits per heavy atom. The van der Waals surface area contributed by atoms with E-state index in [2.05, 4.69) is 37.6 Å². The summed E-state index contributed by atoms with van der Waals surface area (Å²) in [6.07, 6.45) is 8.15. The molecule has 0 aliphatic carbocycles. The second kappa shape index (κ2) is 4.53. The Kier molecular flexibility index (Phi) is 2.90. The summed E-state index contributed by atoms with van der Waals surface area (Å²) in [6.45, 7) is 3.18. The summed E-state index contributed by atoms with van der Waals surface area (Å²) in [5.41, 5.74) is 4.57. The lowest BCUT2D eigenvalue weighted by Crippen LogP contribution is -2.41. The largest absolute Gasteiger partial charge is 0.297 e. The summed E-state index contributed by atoms with van der Waals surface area (Å²) in [5.74, 6) is 0. The topological polar surface area (TPSA) is 32.6 Å². The first kappa shape index (κ1) is 10.3. The van der Waals surface area contributed by atoms with Crippen LogP contribution >= 0.6 is 11.3 Å². The van der Waals surface area contributed by atoms with Crippen molar-refractivity contribution >= 4 is 16.3 Å². The smallest absolute Gasteiger partial charge is 0.193 e. The summed E-state index contributed by atoms with van der Waals surface area (Å²) in [7, 11) is 0. The van der Waals surface area contributed by atoms with Crippen LogP contribution in [0, 0.1) is 0 Å². The van der Waals surface area contributed by atoms with Crippen LogP contribution in [0.4, 0.5) is 0 Å². The van der Waals surface area contributed by atoms with E-state index in [0.29, 0.717) is 0 Å². The molecule has 0 atom stereocenters. The van der Waals surface area contributed by atoms with Crippen LogP contribution in [-0.4, -0.2) is 27.5 Å². The summed E-state index contributed by atoms with van der Waals surface area (Å²) in [4.78, 5) is 5.63. The molecular weight excluding hydrogens is 220 g/mol. The van der Waals surface area contributed by atoms with E-state index in [1.54, 1.807) is 11.3 Å². The lowest BCUT2D eigenvalue weighted by Gasteiger charge is -2.26. The minimum Gasteiger partial charge on any atom is -0.297 e. The van der Waals surface area contributed by atoms with Gasteiger partial charge in [0.2, 0.25) is 0 Å². The zero-order chi connectivity index (χ0) is 10.8. The molecule has 0 unspecified atom stereocenters. The number of nitrogens with one attached hydrogen (secondary N) is 1. The van der Waals surface area contributed by atoms with Gasteiger partial charge in [-0.3, -0.25) is 4.40 Å². The lowest BCUT2D eigenvalue weighted by molar-refractivity contribution is 0.150. The third-order valence-electron chi connectivity index (χ3n) is 2.98. The van der Waals surface area contributed by atoms with Crippen molar-refractivity contribution < 1.29 is 0 Å².